The van der Waals surface area contributed by atoms with Crippen LogP contribution in [0.1, 0.15) is 35.3 Å². The van der Waals surface area contributed by atoms with E-state index in [1.807, 2.05) is 0 Å². The van der Waals surface area contributed by atoms with E-state index in [1.54, 1.807) is 25.1 Å². The first-order valence-corrected chi connectivity index (χ1v) is 10.7. The van der Waals surface area contributed by atoms with Gasteiger partial charge in [0.1, 0.15) is 5.75 Å². The first-order valence-electron chi connectivity index (χ1n) is 9.21. The third-order valence-corrected chi connectivity index (χ3v) is 5.73. The average molecular weight is 442 g/mol. The molecule has 7 nitrogen and oxygen atoms in total. The van der Waals surface area contributed by atoms with Crippen molar-refractivity contribution in [2.24, 2.45) is 0 Å². The summed E-state index contributed by atoms with van der Waals surface area (Å²) in [5.74, 6) is -0.479. The van der Waals surface area contributed by atoms with Crippen LogP contribution in [0.5, 0.6) is 5.75 Å². The molecule has 1 atom stereocenters. The van der Waals surface area contributed by atoms with Gasteiger partial charge in [0.05, 0.1) is 17.5 Å². The molecule has 2 aromatic rings. The van der Waals surface area contributed by atoms with Gasteiger partial charge in [0.2, 0.25) is 10.0 Å². The molecule has 0 heterocycles. The third kappa shape index (κ3) is 6.48. The number of nitrogens with one attached hydrogen (secondary N) is 2. The molecule has 1 amide bonds. The van der Waals surface area contributed by atoms with Gasteiger partial charge in [-0.3, -0.25) is 4.79 Å². The van der Waals surface area contributed by atoms with Crippen LogP contribution in [0, 0.1) is 0 Å². The maximum absolute atomic E-state index is 12.7. The summed E-state index contributed by atoms with van der Waals surface area (Å²) in [4.78, 5) is 12.6. The summed E-state index contributed by atoms with van der Waals surface area (Å²) >= 11 is 0. The van der Waals surface area contributed by atoms with Crippen molar-refractivity contribution in [1.29, 1.82) is 0 Å². The lowest BCUT2D eigenvalue weighted by atomic mass is 10.0. The van der Waals surface area contributed by atoms with Crippen molar-refractivity contribution < 1.29 is 31.5 Å². The number of rotatable bonds is 11. The summed E-state index contributed by atoms with van der Waals surface area (Å²) in [6, 6.07) is 11.1. The first-order chi connectivity index (χ1) is 14.3. The number of halogens is 2. The normalized spacial score (nSPS) is 12.6. The van der Waals surface area contributed by atoms with Crippen molar-refractivity contribution >= 4 is 15.9 Å². The van der Waals surface area contributed by atoms with Gasteiger partial charge in [-0.25, -0.2) is 13.1 Å². The Balaban J connectivity index is 2.13. The molecule has 0 aliphatic rings. The second kappa shape index (κ2) is 11.0. The number of carbonyl (C=O) groups excluding carboxylic acids is 1. The number of hydrogen-bond acceptors (Lipinski definition) is 5. The molecule has 0 aromatic heterocycles. The van der Waals surface area contributed by atoms with Crippen molar-refractivity contribution in [1.82, 2.24) is 10.0 Å². The zero-order valence-electron chi connectivity index (χ0n) is 16.6. The van der Waals surface area contributed by atoms with Crippen LogP contribution in [0.15, 0.2) is 53.4 Å². The minimum Gasteiger partial charge on any atom is -0.434 e. The molecule has 2 aromatic carbocycles. The van der Waals surface area contributed by atoms with E-state index in [0.29, 0.717) is 12.0 Å². The number of amides is 1. The fourth-order valence-corrected chi connectivity index (χ4v) is 3.77. The fourth-order valence-electron chi connectivity index (χ4n) is 2.76. The van der Waals surface area contributed by atoms with Crippen LogP contribution < -0.4 is 14.8 Å². The Morgan fingerprint density at radius 1 is 1.10 bits per heavy atom. The highest BCUT2D eigenvalue weighted by Crippen LogP contribution is 2.28. The van der Waals surface area contributed by atoms with Gasteiger partial charge in [0.25, 0.3) is 5.91 Å². The smallest absolute Gasteiger partial charge is 0.387 e. The number of sulfonamides is 1. The maximum Gasteiger partial charge on any atom is 0.387 e. The second-order valence-electron chi connectivity index (χ2n) is 6.27. The van der Waals surface area contributed by atoms with Gasteiger partial charge in [-0.1, -0.05) is 25.1 Å². The number of benzene rings is 2. The number of para-hydroxylation sites is 1. The molecule has 0 radical (unpaired) electrons. The predicted molar refractivity (Wildman–Crippen MR) is 107 cm³/mol. The SMILES string of the molecule is CCC(NC(=O)c1ccc(S(=O)(=O)NCCOC)cc1)c1ccccc1OC(F)F. The number of hydrogen-bond donors (Lipinski definition) is 2. The molecule has 0 bridgehead atoms. The highest BCUT2D eigenvalue weighted by molar-refractivity contribution is 7.89. The molecule has 164 valence electrons. The van der Waals surface area contributed by atoms with E-state index in [4.69, 9.17) is 4.74 Å². The molecular formula is C20H24F2N2O5S. The molecule has 0 aliphatic heterocycles. The van der Waals surface area contributed by atoms with E-state index >= 15 is 0 Å². The number of carbonyl (C=O) groups is 1. The first kappa shape index (κ1) is 23.7. The van der Waals surface area contributed by atoms with Gasteiger partial charge in [-0.2, -0.15) is 8.78 Å². The summed E-state index contributed by atoms with van der Waals surface area (Å²) in [7, 11) is -2.25. The quantitative estimate of drug-likeness (QED) is 0.522. The van der Waals surface area contributed by atoms with E-state index in [2.05, 4.69) is 14.8 Å². The van der Waals surface area contributed by atoms with Crippen LogP contribution in [0.25, 0.3) is 0 Å². The predicted octanol–water partition coefficient (Wildman–Crippen LogP) is 3.09. The average Bonchev–Trinajstić information content (AvgIpc) is 2.72. The number of alkyl halides is 2. The van der Waals surface area contributed by atoms with E-state index in [1.165, 1.54) is 37.4 Å². The zero-order valence-corrected chi connectivity index (χ0v) is 17.4. The summed E-state index contributed by atoms with van der Waals surface area (Å²) in [5, 5.41) is 2.77. The van der Waals surface area contributed by atoms with Gasteiger partial charge >= 0.3 is 6.61 Å². The Hall–Kier alpha value is -2.56. The molecule has 10 heteroatoms. The van der Waals surface area contributed by atoms with E-state index in [0.717, 1.165) is 0 Å². The van der Waals surface area contributed by atoms with Crippen LogP contribution in [-0.4, -0.2) is 41.2 Å². The molecule has 1 unspecified atom stereocenters. The van der Waals surface area contributed by atoms with Gasteiger partial charge < -0.3 is 14.8 Å². The van der Waals surface area contributed by atoms with E-state index < -0.39 is 28.6 Å². The van der Waals surface area contributed by atoms with Crippen LogP contribution in [0.2, 0.25) is 0 Å². The lowest BCUT2D eigenvalue weighted by Crippen LogP contribution is -2.29. The minimum absolute atomic E-state index is 0.0109. The lowest BCUT2D eigenvalue weighted by molar-refractivity contribution is -0.0506. The Bertz CT molecular complexity index is 936. The topological polar surface area (TPSA) is 93.7 Å². The van der Waals surface area contributed by atoms with Gasteiger partial charge in [0, 0.05) is 24.8 Å². The highest BCUT2D eigenvalue weighted by Gasteiger charge is 2.20. The van der Waals surface area contributed by atoms with Crippen LogP contribution in [-0.2, 0) is 14.8 Å². The summed E-state index contributed by atoms with van der Waals surface area (Å²) < 4.78 is 61.4. The van der Waals surface area contributed by atoms with Crippen LogP contribution >= 0.6 is 0 Å². The molecule has 0 saturated heterocycles. The monoisotopic (exact) mass is 442 g/mol. The molecule has 0 fully saturated rings. The van der Waals surface area contributed by atoms with Crippen molar-refractivity contribution in [2.45, 2.75) is 30.9 Å². The fraction of sp³-hybridized carbons (Fsp3) is 0.350. The minimum atomic E-state index is -3.71. The highest BCUT2D eigenvalue weighted by atomic mass is 32.2. The summed E-state index contributed by atoms with van der Waals surface area (Å²) in [6.45, 7) is -0.828. The van der Waals surface area contributed by atoms with Crippen molar-refractivity contribution in [3.05, 3.63) is 59.7 Å². The molecule has 2 N–H and O–H groups in total. The third-order valence-electron chi connectivity index (χ3n) is 4.25. The van der Waals surface area contributed by atoms with Gasteiger partial charge in [-0.05, 0) is 36.8 Å². The zero-order chi connectivity index (χ0) is 22.1. The molecule has 0 aliphatic carbocycles. The van der Waals surface area contributed by atoms with Crippen LogP contribution in [0.3, 0.4) is 0 Å². The van der Waals surface area contributed by atoms with Crippen LogP contribution in [0.4, 0.5) is 8.78 Å². The van der Waals surface area contributed by atoms with Crippen molar-refractivity contribution in [3.8, 4) is 5.75 Å². The lowest BCUT2D eigenvalue weighted by Gasteiger charge is -2.20. The molecule has 0 spiro atoms. The Labute approximate surface area is 174 Å². The standard InChI is InChI=1S/C20H24F2N2O5S/c1-3-17(16-6-4-5-7-18(16)29-20(21)22)24-19(25)14-8-10-15(11-9-14)30(26,27)23-12-13-28-2/h4-11,17,20,23H,3,12-13H2,1-2H3,(H,24,25). The summed E-state index contributed by atoms with van der Waals surface area (Å²) in [6.07, 6.45) is 0.436. The largest absolute Gasteiger partial charge is 0.434 e. The molecular weight excluding hydrogens is 418 g/mol. The second-order valence-corrected chi connectivity index (χ2v) is 8.03. The molecule has 2 rings (SSSR count). The Morgan fingerprint density at radius 3 is 2.37 bits per heavy atom. The number of methoxy groups -OCH3 is 1. The van der Waals surface area contributed by atoms with E-state index in [-0.39, 0.29) is 29.4 Å². The van der Waals surface area contributed by atoms with E-state index in [9.17, 15) is 22.0 Å². The van der Waals surface area contributed by atoms with Crippen molar-refractivity contribution in [3.63, 3.8) is 0 Å². The Morgan fingerprint density at radius 2 is 1.77 bits per heavy atom. The Kier molecular flexibility index (Phi) is 8.70. The number of ether oxygens (including phenoxy) is 2. The summed E-state index contributed by atoms with van der Waals surface area (Å²) in [5.41, 5.74) is 0.659. The maximum atomic E-state index is 12.7. The van der Waals surface area contributed by atoms with Crippen molar-refractivity contribution in [2.75, 3.05) is 20.3 Å². The molecule has 0 saturated carbocycles. The van der Waals surface area contributed by atoms with Gasteiger partial charge in [0.15, 0.2) is 0 Å². The van der Waals surface area contributed by atoms with Gasteiger partial charge in [-0.15, -0.1) is 0 Å². The molecule has 30 heavy (non-hydrogen) atoms.